The van der Waals surface area contributed by atoms with E-state index in [9.17, 15) is 18.0 Å². The number of ketones is 1. The lowest BCUT2D eigenvalue weighted by Gasteiger charge is -2.13. The molecule has 26 heavy (non-hydrogen) atoms. The first-order chi connectivity index (χ1) is 12.3. The van der Waals surface area contributed by atoms with Crippen LogP contribution < -0.4 is 0 Å². The molecule has 1 aliphatic carbocycles. The van der Waals surface area contributed by atoms with Crippen LogP contribution in [0.4, 0.5) is 0 Å². The van der Waals surface area contributed by atoms with E-state index in [-0.39, 0.29) is 16.2 Å². The number of carbonyl (C=O) groups excluding carboxylic acids is 2. The zero-order valence-corrected chi connectivity index (χ0v) is 15.5. The van der Waals surface area contributed by atoms with Gasteiger partial charge in [-0.25, -0.2) is 13.2 Å². The van der Waals surface area contributed by atoms with Gasteiger partial charge in [0.15, 0.2) is 15.9 Å². The van der Waals surface area contributed by atoms with Gasteiger partial charge in [-0.2, -0.15) is 0 Å². The van der Waals surface area contributed by atoms with Crippen molar-refractivity contribution in [2.45, 2.75) is 37.2 Å². The molecule has 0 bridgehead atoms. The fraction of sp³-hybridized carbons (Fsp3) is 0.300. The minimum atomic E-state index is -3.33. The largest absolute Gasteiger partial charge is 0.451 e. The number of carbonyl (C=O) groups is 2. The van der Waals surface area contributed by atoms with Gasteiger partial charge in [-0.15, -0.1) is 0 Å². The molecule has 6 heteroatoms. The number of hydrogen-bond donors (Lipinski definition) is 0. The van der Waals surface area contributed by atoms with Gasteiger partial charge in [-0.3, -0.25) is 4.79 Å². The molecule has 0 N–H and O–H groups in total. The summed E-state index contributed by atoms with van der Waals surface area (Å²) in [4.78, 5) is 24.9. The number of ether oxygens (including phenoxy) is 1. The highest BCUT2D eigenvalue weighted by atomic mass is 32.2. The third-order valence-corrected chi connectivity index (χ3v) is 5.68. The second kappa shape index (κ2) is 7.03. The maximum absolute atomic E-state index is 12.5. The molecule has 0 unspecified atom stereocenters. The highest BCUT2D eigenvalue weighted by Gasteiger charge is 2.22. The maximum atomic E-state index is 12.5. The Balaban J connectivity index is 1.69. The van der Waals surface area contributed by atoms with Crippen molar-refractivity contribution in [3.63, 3.8) is 0 Å². The smallest absolute Gasteiger partial charge is 0.338 e. The van der Waals surface area contributed by atoms with Crippen molar-refractivity contribution in [2.75, 3.05) is 6.26 Å². The molecule has 2 aromatic rings. The number of sulfone groups is 1. The van der Waals surface area contributed by atoms with E-state index >= 15 is 0 Å². The molecule has 0 fully saturated rings. The van der Waals surface area contributed by atoms with E-state index < -0.39 is 21.9 Å². The van der Waals surface area contributed by atoms with E-state index in [1.165, 1.54) is 35.4 Å². The number of fused-ring (bicyclic) bond motifs is 1. The molecule has 0 saturated heterocycles. The Morgan fingerprint density at radius 2 is 1.58 bits per heavy atom. The summed E-state index contributed by atoms with van der Waals surface area (Å²) in [7, 11) is -3.33. The van der Waals surface area contributed by atoms with Crippen LogP contribution in [0.2, 0.25) is 0 Å². The lowest BCUT2D eigenvalue weighted by molar-refractivity contribution is 0.0318. The van der Waals surface area contributed by atoms with Crippen molar-refractivity contribution in [3.8, 4) is 0 Å². The molecule has 0 radical (unpaired) electrons. The van der Waals surface area contributed by atoms with Gasteiger partial charge in [-0.1, -0.05) is 12.1 Å². The molecule has 1 aliphatic rings. The van der Waals surface area contributed by atoms with E-state index in [4.69, 9.17) is 4.74 Å². The van der Waals surface area contributed by atoms with Crippen LogP contribution in [-0.4, -0.2) is 32.5 Å². The molecule has 0 saturated carbocycles. The average Bonchev–Trinajstić information content (AvgIpc) is 3.08. The zero-order valence-electron chi connectivity index (χ0n) is 14.7. The molecular formula is C20H20O5S. The number of aryl methyl sites for hydroxylation is 2. The molecule has 0 aromatic heterocycles. The second-order valence-corrected chi connectivity index (χ2v) is 8.56. The monoisotopic (exact) mass is 372 g/mol. The molecule has 2 aromatic carbocycles. The topological polar surface area (TPSA) is 77.5 Å². The summed E-state index contributed by atoms with van der Waals surface area (Å²) < 4.78 is 28.2. The van der Waals surface area contributed by atoms with Gasteiger partial charge >= 0.3 is 5.97 Å². The fourth-order valence-electron chi connectivity index (χ4n) is 3.08. The first-order valence-corrected chi connectivity index (χ1v) is 10.3. The quantitative estimate of drug-likeness (QED) is 0.596. The summed E-state index contributed by atoms with van der Waals surface area (Å²) in [5.74, 6) is -0.909. The van der Waals surface area contributed by atoms with Gasteiger partial charge in [-0.05, 0) is 67.6 Å². The Labute approximate surface area is 152 Å². The van der Waals surface area contributed by atoms with E-state index in [0.29, 0.717) is 5.56 Å². The molecule has 0 spiro atoms. The first kappa shape index (κ1) is 18.3. The third-order valence-electron chi connectivity index (χ3n) is 4.55. The normalized spacial score (nSPS) is 14.5. The van der Waals surface area contributed by atoms with Gasteiger partial charge in [0.1, 0.15) is 0 Å². The van der Waals surface area contributed by atoms with Crippen LogP contribution in [0.15, 0.2) is 47.4 Å². The SMILES string of the molecule is C[C@@H](OC(=O)c1ccc(S(C)(=O)=O)cc1)C(=O)c1ccc2c(c1)CCC2. The molecule has 0 amide bonds. The van der Waals surface area contributed by atoms with Crippen LogP contribution in [0, 0.1) is 0 Å². The van der Waals surface area contributed by atoms with Crippen molar-refractivity contribution >= 4 is 21.6 Å². The van der Waals surface area contributed by atoms with Gasteiger partial charge in [0, 0.05) is 11.8 Å². The average molecular weight is 372 g/mol. The van der Waals surface area contributed by atoms with E-state index in [0.717, 1.165) is 25.5 Å². The van der Waals surface area contributed by atoms with Crippen molar-refractivity contribution in [3.05, 3.63) is 64.7 Å². The highest BCUT2D eigenvalue weighted by molar-refractivity contribution is 7.90. The van der Waals surface area contributed by atoms with Crippen LogP contribution in [-0.2, 0) is 27.4 Å². The molecule has 136 valence electrons. The lowest BCUT2D eigenvalue weighted by Crippen LogP contribution is -2.24. The van der Waals surface area contributed by atoms with Gasteiger partial charge in [0.2, 0.25) is 5.78 Å². The Morgan fingerprint density at radius 3 is 2.23 bits per heavy atom. The molecule has 0 aliphatic heterocycles. The Hall–Kier alpha value is -2.47. The predicted octanol–water partition coefficient (Wildman–Crippen LogP) is 3.01. The highest BCUT2D eigenvalue weighted by Crippen LogP contribution is 2.23. The molecule has 5 nitrogen and oxygen atoms in total. The number of rotatable bonds is 5. The van der Waals surface area contributed by atoms with Gasteiger partial charge < -0.3 is 4.74 Å². The molecule has 0 heterocycles. The number of Topliss-reactive ketones (excluding diaryl/α,β-unsaturated/α-hetero) is 1. The summed E-state index contributed by atoms with van der Waals surface area (Å²) in [6.45, 7) is 1.54. The standard InChI is InChI=1S/C20H20O5S/c1-13(19(21)17-7-6-14-4-3-5-16(14)12-17)25-20(22)15-8-10-18(11-9-15)26(2,23)24/h6-13H,3-5H2,1-2H3/t13-/m1/s1. The zero-order chi connectivity index (χ0) is 18.9. The fourth-order valence-corrected chi connectivity index (χ4v) is 3.71. The van der Waals surface area contributed by atoms with Crippen molar-refractivity contribution in [1.29, 1.82) is 0 Å². The van der Waals surface area contributed by atoms with Crippen molar-refractivity contribution < 1.29 is 22.7 Å². The molecule has 3 rings (SSSR count). The Bertz CT molecular complexity index is 958. The molecule has 1 atom stereocenters. The number of hydrogen-bond acceptors (Lipinski definition) is 5. The summed E-state index contributed by atoms with van der Waals surface area (Å²) in [6.07, 6.45) is 3.28. The third kappa shape index (κ3) is 3.85. The van der Waals surface area contributed by atoms with E-state index in [2.05, 4.69) is 0 Å². The van der Waals surface area contributed by atoms with Crippen LogP contribution in [0.25, 0.3) is 0 Å². The van der Waals surface area contributed by atoms with Crippen molar-refractivity contribution in [1.82, 2.24) is 0 Å². The van der Waals surface area contributed by atoms with Crippen molar-refractivity contribution in [2.24, 2.45) is 0 Å². The number of benzene rings is 2. The number of esters is 1. The first-order valence-electron chi connectivity index (χ1n) is 8.43. The summed E-state index contributed by atoms with van der Waals surface area (Å²) in [6, 6.07) is 11.1. The van der Waals surface area contributed by atoms with Crippen LogP contribution in [0.5, 0.6) is 0 Å². The summed E-state index contributed by atoms with van der Waals surface area (Å²) in [5.41, 5.74) is 3.20. The lowest BCUT2D eigenvalue weighted by atomic mass is 10.0. The van der Waals surface area contributed by atoms with Gasteiger partial charge in [0.25, 0.3) is 0 Å². The summed E-state index contributed by atoms with van der Waals surface area (Å²) >= 11 is 0. The van der Waals surface area contributed by atoms with Crippen LogP contribution >= 0.6 is 0 Å². The minimum Gasteiger partial charge on any atom is -0.451 e. The van der Waals surface area contributed by atoms with E-state index in [1.807, 2.05) is 12.1 Å². The van der Waals surface area contributed by atoms with Crippen LogP contribution in [0.3, 0.4) is 0 Å². The Morgan fingerprint density at radius 1 is 0.962 bits per heavy atom. The Kier molecular flexibility index (Phi) is 4.96. The van der Waals surface area contributed by atoms with E-state index in [1.54, 1.807) is 13.0 Å². The van der Waals surface area contributed by atoms with Gasteiger partial charge in [0.05, 0.1) is 10.5 Å². The maximum Gasteiger partial charge on any atom is 0.338 e. The second-order valence-electron chi connectivity index (χ2n) is 6.55. The predicted molar refractivity (Wildman–Crippen MR) is 97.2 cm³/mol. The van der Waals surface area contributed by atoms with Crippen LogP contribution in [0.1, 0.15) is 45.2 Å². The minimum absolute atomic E-state index is 0.122. The summed E-state index contributed by atoms with van der Waals surface area (Å²) in [5, 5.41) is 0. The molecular weight excluding hydrogens is 352 g/mol.